The van der Waals surface area contributed by atoms with Crippen LogP contribution in [0, 0.1) is 0 Å². The monoisotopic (exact) mass is 393 g/mol. The molecule has 148 valence electrons. The molecular formula is C19H28ClN5O2. The highest BCUT2D eigenvalue weighted by atomic mass is 35.5. The normalized spacial score (nSPS) is 15.5. The van der Waals surface area contributed by atoms with Gasteiger partial charge < -0.3 is 9.64 Å². The number of aromatic nitrogens is 4. The zero-order valence-electron chi connectivity index (χ0n) is 16.0. The Balaban J connectivity index is 0.00000261. The maximum atomic E-state index is 13.0. The average molecular weight is 394 g/mol. The van der Waals surface area contributed by atoms with Gasteiger partial charge in [0.1, 0.15) is 12.9 Å². The van der Waals surface area contributed by atoms with Gasteiger partial charge in [-0.1, -0.05) is 38.8 Å². The van der Waals surface area contributed by atoms with Gasteiger partial charge in [-0.3, -0.25) is 4.79 Å². The van der Waals surface area contributed by atoms with Gasteiger partial charge in [-0.25, -0.2) is 4.68 Å². The third-order valence-electron chi connectivity index (χ3n) is 5.42. The van der Waals surface area contributed by atoms with Gasteiger partial charge in [0.2, 0.25) is 0 Å². The first-order valence-corrected chi connectivity index (χ1v) is 9.43. The summed E-state index contributed by atoms with van der Waals surface area (Å²) in [5.74, 6) is -0.0858. The van der Waals surface area contributed by atoms with E-state index in [1.807, 2.05) is 24.3 Å². The number of hydrogen-bond donors (Lipinski definition) is 0. The highest BCUT2D eigenvalue weighted by molar-refractivity contribution is 5.85. The van der Waals surface area contributed by atoms with Crippen molar-refractivity contribution in [2.45, 2.75) is 44.9 Å². The van der Waals surface area contributed by atoms with E-state index in [2.05, 4.69) is 34.3 Å². The van der Waals surface area contributed by atoms with Crippen LogP contribution in [0.15, 0.2) is 30.6 Å². The van der Waals surface area contributed by atoms with E-state index in [4.69, 9.17) is 4.74 Å². The van der Waals surface area contributed by atoms with E-state index < -0.39 is 5.41 Å². The maximum Gasteiger partial charge on any atom is 0.316 e. The molecule has 0 spiro atoms. The predicted octanol–water partition coefficient (Wildman–Crippen LogP) is 2.78. The summed E-state index contributed by atoms with van der Waals surface area (Å²) in [6.45, 7) is 7.42. The van der Waals surface area contributed by atoms with Crippen molar-refractivity contribution in [2.75, 3.05) is 26.2 Å². The van der Waals surface area contributed by atoms with Gasteiger partial charge in [-0.15, -0.1) is 17.5 Å². The highest BCUT2D eigenvalue weighted by Gasteiger charge is 2.44. The summed E-state index contributed by atoms with van der Waals surface area (Å²) in [4.78, 5) is 15.2. The lowest BCUT2D eigenvalue weighted by Crippen LogP contribution is -2.37. The first kappa shape index (κ1) is 21.3. The highest BCUT2D eigenvalue weighted by Crippen LogP contribution is 2.42. The molecule has 1 aromatic carbocycles. The largest absolute Gasteiger partial charge is 0.464 e. The molecular weight excluding hydrogens is 366 g/mol. The van der Waals surface area contributed by atoms with Gasteiger partial charge in [0, 0.05) is 6.54 Å². The summed E-state index contributed by atoms with van der Waals surface area (Å²) >= 11 is 0. The number of esters is 1. The molecule has 27 heavy (non-hydrogen) atoms. The van der Waals surface area contributed by atoms with E-state index >= 15 is 0 Å². The third kappa shape index (κ3) is 4.65. The fourth-order valence-electron chi connectivity index (χ4n) is 3.75. The lowest BCUT2D eigenvalue weighted by atomic mass is 9.79. The molecule has 3 rings (SSSR count). The SMILES string of the molecule is CCN(CC)CCOC(=O)C1(c2ccc(-n3cnnn3)cc2)CCCC1.Cl. The minimum absolute atomic E-state index is 0. The Morgan fingerprint density at radius 2 is 1.85 bits per heavy atom. The van der Waals surface area contributed by atoms with Crippen LogP contribution in [-0.2, 0) is 14.9 Å². The van der Waals surface area contributed by atoms with Gasteiger partial charge in [-0.05, 0) is 54.1 Å². The smallest absolute Gasteiger partial charge is 0.316 e. The van der Waals surface area contributed by atoms with E-state index in [1.165, 1.54) is 0 Å². The summed E-state index contributed by atoms with van der Waals surface area (Å²) in [7, 11) is 0. The number of benzene rings is 1. The molecule has 2 aromatic rings. The number of tetrazole rings is 1. The van der Waals surface area contributed by atoms with Crippen LogP contribution < -0.4 is 0 Å². The number of nitrogens with zero attached hydrogens (tertiary/aromatic N) is 5. The van der Waals surface area contributed by atoms with Crippen LogP contribution in [0.3, 0.4) is 0 Å². The molecule has 1 fully saturated rings. The summed E-state index contributed by atoms with van der Waals surface area (Å²) in [5, 5.41) is 11.2. The molecule has 0 unspecified atom stereocenters. The Morgan fingerprint density at radius 1 is 1.19 bits per heavy atom. The second kappa shape index (κ2) is 9.80. The minimum atomic E-state index is -0.512. The van der Waals surface area contributed by atoms with Crippen LogP contribution in [0.25, 0.3) is 5.69 Å². The molecule has 0 atom stereocenters. The van der Waals surface area contributed by atoms with Crippen LogP contribution in [0.4, 0.5) is 0 Å². The second-order valence-corrected chi connectivity index (χ2v) is 6.75. The summed E-state index contributed by atoms with van der Waals surface area (Å²) < 4.78 is 7.31. The average Bonchev–Trinajstić information content (AvgIpc) is 3.38. The van der Waals surface area contributed by atoms with Crippen molar-refractivity contribution in [3.8, 4) is 5.69 Å². The van der Waals surface area contributed by atoms with Crippen LogP contribution in [0.2, 0.25) is 0 Å². The molecule has 0 radical (unpaired) electrons. The molecule has 1 aliphatic carbocycles. The molecule has 0 bridgehead atoms. The van der Waals surface area contributed by atoms with Crippen molar-refractivity contribution < 1.29 is 9.53 Å². The van der Waals surface area contributed by atoms with Gasteiger partial charge in [-0.2, -0.15) is 0 Å². The van der Waals surface area contributed by atoms with Crippen molar-refractivity contribution in [2.24, 2.45) is 0 Å². The van der Waals surface area contributed by atoms with Crippen molar-refractivity contribution in [1.29, 1.82) is 0 Å². The van der Waals surface area contributed by atoms with Crippen LogP contribution >= 0.6 is 12.4 Å². The Kier molecular flexibility index (Phi) is 7.74. The summed E-state index contributed by atoms with van der Waals surface area (Å²) in [5.41, 5.74) is 1.39. The number of hydrogen-bond acceptors (Lipinski definition) is 6. The minimum Gasteiger partial charge on any atom is -0.464 e. The Labute approximate surface area is 166 Å². The Hall–Kier alpha value is -1.99. The third-order valence-corrected chi connectivity index (χ3v) is 5.42. The summed E-state index contributed by atoms with van der Waals surface area (Å²) in [6, 6.07) is 7.92. The maximum absolute atomic E-state index is 13.0. The number of ether oxygens (including phenoxy) is 1. The molecule has 0 N–H and O–H groups in total. The quantitative estimate of drug-likeness (QED) is 0.642. The Bertz CT molecular complexity index is 695. The van der Waals surface area contributed by atoms with E-state index in [9.17, 15) is 4.79 Å². The summed E-state index contributed by atoms with van der Waals surface area (Å²) in [6.07, 6.45) is 5.37. The zero-order valence-corrected chi connectivity index (χ0v) is 16.8. The van der Waals surface area contributed by atoms with Gasteiger partial charge >= 0.3 is 5.97 Å². The van der Waals surface area contributed by atoms with E-state index in [0.29, 0.717) is 6.61 Å². The van der Waals surface area contributed by atoms with Crippen molar-refractivity contribution in [1.82, 2.24) is 25.1 Å². The predicted molar refractivity (Wildman–Crippen MR) is 105 cm³/mol. The topological polar surface area (TPSA) is 73.1 Å². The second-order valence-electron chi connectivity index (χ2n) is 6.75. The van der Waals surface area contributed by atoms with Gasteiger partial charge in [0.25, 0.3) is 0 Å². The molecule has 1 saturated carbocycles. The first-order chi connectivity index (χ1) is 12.7. The first-order valence-electron chi connectivity index (χ1n) is 9.43. The van der Waals surface area contributed by atoms with Gasteiger partial charge in [0.15, 0.2) is 0 Å². The number of carbonyl (C=O) groups excluding carboxylic acids is 1. The molecule has 0 aliphatic heterocycles. The van der Waals surface area contributed by atoms with Crippen molar-refractivity contribution >= 4 is 18.4 Å². The van der Waals surface area contributed by atoms with Crippen LogP contribution in [-0.4, -0.2) is 57.3 Å². The van der Waals surface area contributed by atoms with Crippen LogP contribution in [0.1, 0.15) is 45.1 Å². The van der Waals surface area contributed by atoms with E-state index in [1.54, 1.807) is 11.0 Å². The number of rotatable bonds is 8. The van der Waals surface area contributed by atoms with Crippen molar-refractivity contribution in [3.05, 3.63) is 36.2 Å². The van der Waals surface area contributed by atoms with Crippen LogP contribution in [0.5, 0.6) is 0 Å². The lowest BCUT2D eigenvalue weighted by Gasteiger charge is -2.28. The molecule has 1 aromatic heterocycles. The molecule has 1 aliphatic rings. The Morgan fingerprint density at radius 3 is 2.41 bits per heavy atom. The molecule has 8 heteroatoms. The molecule has 7 nitrogen and oxygen atoms in total. The number of carbonyl (C=O) groups is 1. The zero-order chi connectivity index (χ0) is 18.4. The standard InChI is InChI=1S/C19H27N5O2.ClH/c1-3-23(4-2)13-14-26-18(25)19(11-5-6-12-19)16-7-9-17(10-8-16)24-15-20-21-22-24;/h7-10,15H,3-6,11-14H2,1-2H3;1H. The number of halogens is 1. The van der Waals surface area contributed by atoms with Crippen molar-refractivity contribution in [3.63, 3.8) is 0 Å². The molecule has 0 amide bonds. The van der Waals surface area contributed by atoms with Gasteiger partial charge in [0.05, 0.1) is 11.1 Å². The van der Waals surface area contributed by atoms with E-state index in [0.717, 1.165) is 56.6 Å². The fraction of sp³-hybridized carbons (Fsp3) is 0.579. The van der Waals surface area contributed by atoms with E-state index in [-0.39, 0.29) is 18.4 Å². The molecule has 0 saturated heterocycles. The fourth-order valence-corrected chi connectivity index (χ4v) is 3.75. The lowest BCUT2D eigenvalue weighted by molar-refractivity contribution is -0.151. The number of likely N-dealkylation sites (N-methyl/N-ethyl adjacent to an activating group) is 1. The molecule has 1 heterocycles.